The van der Waals surface area contributed by atoms with Crippen molar-refractivity contribution in [1.29, 1.82) is 0 Å². The van der Waals surface area contributed by atoms with Crippen molar-refractivity contribution in [3.05, 3.63) is 65.7 Å². The maximum absolute atomic E-state index is 11.7. The normalized spacial score (nSPS) is 11.0. The molecule has 0 saturated heterocycles. The molecule has 0 saturated carbocycles. The largest absolute Gasteiger partial charge is 0.470 e. The van der Waals surface area contributed by atoms with Crippen LogP contribution in [0.2, 0.25) is 0 Å². The van der Waals surface area contributed by atoms with E-state index in [1.807, 2.05) is 30.3 Å². The molecule has 3 N–H and O–H groups in total. The molecular formula is C16H16NO7P. The van der Waals surface area contributed by atoms with Gasteiger partial charge in [-0.2, -0.15) is 0 Å². The first kappa shape index (κ1) is 18.8. The molecule has 2 aromatic rings. The minimum Gasteiger partial charge on any atom is -0.444 e. The summed E-state index contributed by atoms with van der Waals surface area (Å²) in [5.74, 6) is -0.596. The minimum absolute atomic E-state index is 0.128. The molecule has 2 aromatic carbocycles. The fourth-order valence-corrected chi connectivity index (χ4v) is 2.13. The highest BCUT2D eigenvalue weighted by atomic mass is 31.2. The number of hydrogen-bond donors (Lipinski definition) is 3. The first-order valence-corrected chi connectivity index (χ1v) is 8.67. The fraction of sp³-hybridized carbons (Fsp3) is 0.125. The van der Waals surface area contributed by atoms with Crippen LogP contribution in [0.3, 0.4) is 0 Å². The molecular weight excluding hydrogens is 349 g/mol. The number of nitrogens with one attached hydrogen (secondary N) is 1. The number of anilines is 1. The van der Waals surface area contributed by atoms with Crippen molar-refractivity contribution in [2.24, 2.45) is 0 Å². The van der Waals surface area contributed by atoms with E-state index in [2.05, 4.69) is 9.84 Å². The molecule has 0 heterocycles. The lowest BCUT2D eigenvalue weighted by atomic mass is 10.1. The predicted molar refractivity (Wildman–Crippen MR) is 89.0 cm³/mol. The number of Topliss-reactive ketones (excluding diaryl/α,β-unsaturated/α-hetero) is 1. The van der Waals surface area contributed by atoms with Crippen LogP contribution < -0.4 is 5.32 Å². The summed E-state index contributed by atoms with van der Waals surface area (Å²) in [6.45, 7) is -0.612. The van der Waals surface area contributed by atoms with E-state index < -0.39 is 26.3 Å². The third kappa shape index (κ3) is 6.86. The van der Waals surface area contributed by atoms with Gasteiger partial charge < -0.3 is 14.5 Å². The molecule has 8 nitrogen and oxygen atoms in total. The number of ketones is 1. The van der Waals surface area contributed by atoms with Gasteiger partial charge in [-0.25, -0.2) is 9.36 Å². The number of amides is 1. The molecule has 0 aromatic heterocycles. The topological polar surface area (TPSA) is 122 Å². The Hall–Kier alpha value is -2.51. The monoisotopic (exact) mass is 365 g/mol. The number of benzene rings is 2. The van der Waals surface area contributed by atoms with Crippen LogP contribution in [0.25, 0.3) is 0 Å². The molecule has 0 atom stereocenters. The summed E-state index contributed by atoms with van der Waals surface area (Å²) in [6, 6.07) is 14.9. The summed E-state index contributed by atoms with van der Waals surface area (Å²) in [5, 5.41) is 2.51. The van der Waals surface area contributed by atoms with Crippen LogP contribution >= 0.6 is 7.82 Å². The van der Waals surface area contributed by atoms with Gasteiger partial charge in [-0.1, -0.05) is 30.3 Å². The van der Waals surface area contributed by atoms with Crippen molar-refractivity contribution in [1.82, 2.24) is 0 Å². The maximum atomic E-state index is 11.7. The third-order valence-electron chi connectivity index (χ3n) is 3.03. The molecule has 0 aliphatic rings. The van der Waals surface area contributed by atoms with E-state index >= 15 is 0 Å². The molecule has 25 heavy (non-hydrogen) atoms. The Morgan fingerprint density at radius 1 is 1.00 bits per heavy atom. The zero-order chi connectivity index (χ0) is 18.3. The van der Waals surface area contributed by atoms with Gasteiger partial charge in [0.15, 0.2) is 5.78 Å². The minimum atomic E-state index is -4.70. The summed E-state index contributed by atoms with van der Waals surface area (Å²) in [7, 11) is -4.70. The maximum Gasteiger partial charge on any atom is 0.470 e. The number of hydrogen-bond acceptors (Lipinski definition) is 5. The molecule has 0 spiro atoms. The van der Waals surface area contributed by atoms with Crippen LogP contribution in [-0.2, 0) is 20.4 Å². The summed E-state index contributed by atoms with van der Waals surface area (Å²) in [6.07, 6.45) is -0.646. The Labute approximate surface area is 143 Å². The average molecular weight is 365 g/mol. The van der Waals surface area contributed by atoms with Gasteiger partial charge in [-0.05, 0) is 29.8 Å². The Kier molecular flexibility index (Phi) is 6.44. The number of carbonyl (C=O) groups is 2. The number of carbonyl (C=O) groups excluding carboxylic acids is 2. The quantitative estimate of drug-likeness (QED) is 0.509. The lowest BCUT2D eigenvalue weighted by molar-refractivity contribution is 0.0884. The summed E-state index contributed by atoms with van der Waals surface area (Å²) < 4.78 is 19.8. The van der Waals surface area contributed by atoms with Crippen molar-refractivity contribution in [3.63, 3.8) is 0 Å². The third-order valence-corrected chi connectivity index (χ3v) is 3.50. The summed E-state index contributed by atoms with van der Waals surface area (Å²) in [4.78, 5) is 40.5. The Balaban J connectivity index is 1.84. The van der Waals surface area contributed by atoms with Crippen molar-refractivity contribution >= 4 is 25.4 Å². The molecule has 9 heteroatoms. The Morgan fingerprint density at radius 3 is 2.24 bits per heavy atom. The first-order valence-electron chi connectivity index (χ1n) is 7.14. The van der Waals surface area contributed by atoms with Gasteiger partial charge in [-0.3, -0.25) is 14.6 Å². The summed E-state index contributed by atoms with van der Waals surface area (Å²) >= 11 is 0. The number of phosphoric ester groups is 1. The van der Waals surface area contributed by atoms with E-state index in [0.29, 0.717) is 5.69 Å². The Morgan fingerprint density at radius 2 is 1.64 bits per heavy atom. The van der Waals surface area contributed by atoms with Crippen LogP contribution in [0.15, 0.2) is 54.6 Å². The highest BCUT2D eigenvalue weighted by Crippen LogP contribution is 2.35. The average Bonchev–Trinajstić information content (AvgIpc) is 2.59. The second-order valence-corrected chi connectivity index (χ2v) is 6.19. The van der Waals surface area contributed by atoms with Crippen LogP contribution in [0.4, 0.5) is 10.5 Å². The molecule has 0 fully saturated rings. The lowest BCUT2D eigenvalue weighted by Crippen LogP contribution is -2.14. The SMILES string of the molecule is O=C(Nc1ccc(C(=O)COP(=O)(O)O)cc1)OCc1ccccc1. The van der Waals surface area contributed by atoms with E-state index in [-0.39, 0.29) is 12.2 Å². The number of rotatable bonds is 7. The molecule has 0 radical (unpaired) electrons. The van der Waals surface area contributed by atoms with Crippen molar-refractivity contribution in [2.75, 3.05) is 11.9 Å². The number of phosphoric acid groups is 1. The van der Waals surface area contributed by atoms with E-state index in [1.165, 1.54) is 24.3 Å². The molecule has 132 valence electrons. The molecule has 0 bridgehead atoms. The second-order valence-electron chi connectivity index (χ2n) is 4.95. The van der Waals surface area contributed by atoms with E-state index in [0.717, 1.165) is 5.56 Å². The van der Waals surface area contributed by atoms with Crippen LogP contribution in [0, 0.1) is 0 Å². The highest BCUT2D eigenvalue weighted by molar-refractivity contribution is 7.46. The molecule has 0 aliphatic carbocycles. The second kappa shape index (κ2) is 8.55. The van der Waals surface area contributed by atoms with Gasteiger partial charge in [-0.15, -0.1) is 0 Å². The van der Waals surface area contributed by atoms with Crippen molar-refractivity contribution in [2.45, 2.75) is 6.61 Å². The van der Waals surface area contributed by atoms with E-state index in [1.54, 1.807) is 0 Å². The predicted octanol–water partition coefficient (Wildman–Crippen LogP) is 2.73. The van der Waals surface area contributed by atoms with Gasteiger partial charge in [0.05, 0.1) is 0 Å². The first-order chi connectivity index (χ1) is 11.8. The Bertz CT molecular complexity index is 771. The van der Waals surface area contributed by atoms with Crippen LogP contribution in [0.1, 0.15) is 15.9 Å². The van der Waals surface area contributed by atoms with Gasteiger partial charge in [0.25, 0.3) is 0 Å². The van der Waals surface area contributed by atoms with Crippen LogP contribution in [0.5, 0.6) is 0 Å². The fourth-order valence-electron chi connectivity index (χ4n) is 1.84. The van der Waals surface area contributed by atoms with Gasteiger partial charge in [0.1, 0.15) is 13.2 Å². The van der Waals surface area contributed by atoms with Crippen molar-refractivity contribution in [3.8, 4) is 0 Å². The standard InChI is InChI=1S/C16H16NO7P/c18-15(11-24-25(20,21)22)13-6-8-14(9-7-13)17-16(19)23-10-12-4-2-1-3-5-12/h1-9H,10-11H2,(H,17,19)(H2,20,21,22). The zero-order valence-electron chi connectivity index (χ0n) is 13.0. The molecule has 2 rings (SSSR count). The molecule has 1 amide bonds. The summed E-state index contributed by atoms with van der Waals surface area (Å²) in [5.41, 5.74) is 1.45. The smallest absolute Gasteiger partial charge is 0.444 e. The molecule has 0 aliphatic heterocycles. The highest BCUT2D eigenvalue weighted by Gasteiger charge is 2.17. The van der Waals surface area contributed by atoms with Gasteiger partial charge in [0.2, 0.25) is 0 Å². The van der Waals surface area contributed by atoms with E-state index in [9.17, 15) is 14.2 Å². The van der Waals surface area contributed by atoms with Crippen molar-refractivity contribution < 1.29 is 33.2 Å². The van der Waals surface area contributed by atoms with E-state index in [4.69, 9.17) is 14.5 Å². The number of ether oxygens (including phenoxy) is 1. The molecule has 0 unspecified atom stereocenters. The van der Waals surface area contributed by atoms with Gasteiger partial charge in [0, 0.05) is 11.3 Å². The lowest BCUT2D eigenvalue weighted by Gasteiger charge is -2.08. The zero-order valence-corrected chi connectivity index (χ0v) is 13.9. The van der Waals surface area contributed by atoms with Gasteiger partial charge >= 0.3 is 13.9 Å². The van der Waals surface area contributed by atoms with Crippen LogP contribution in [-0.4, -0.2) is 28.3 Å².